The fourth-order valence-electron chi connectivity index (χ4n) is 2.15. The number of carbonyl (C=O) groups excluding carboxylic acids is 1. The van der Waals surface area contributed by atoms with Crippen molar-refractivity contribution in [3.05, 3.63) is 46.7 Å². The van der Waals surface area contributed by atoms with Crippen molar-refractivity contribution in [2.45, 2.75) is 6.04 Å². The van der Waals surface area contributed by atoms with Gasteiger partial charge < -0.3 is 19.6 Å². The maximum atomic E-state index is 12.2. The van der Waals surface area contributed by atoms with Gasteiger partial charge in [0.25, 0.3) is 11.5 Å². The fourth-order valence-corrected chi connectivity index (χ4v) is 2.15. The second-order valence-electron chi connectivity index (χ2n) is 4.47. The van der Waals surface area contributed by atoms with Gasteiger partial charge in [0.2, 0.25) is 0 Å². The number of amides is 1. The third kappa shape index (κ3) is 1.91. The van der Waals surface area contributed by atoms with E-state index in [4.69, 9.17) is 4.74 Å². The van der Waals surface area contributed by atoms with Crippen LogP contribution in [0.25, 0.3) is 10.9 Å². The molecule has 19 heavy (non-hydrogen) atoms. The normalized spacial score (nSPS) is 17.6. The Morgan fingerprint density at radius 2 is 2.42 bits per heavy atom. The number of pyridine rings is 1. The maximum absolute atomic E-state index is 12.2. The summed E-state index contributed by atoms with van der Waals surface area (Å²) in [5, 5.41) is 3.47. The predicted molar refractivity (Wildman–Crippen MR) is 69.9 cm³/mol. The molecule has 2 aromatic heterocycles. The van der Waals surface area contributed by atoms with E-state index in [1.54, 1.807) is 37.8 Å². The molecule has 6 nitrogen and oxygen atoms in total. The van der Waals surface area contributed by atoms with E-state index in [-0.39, 0.29) is 17.5 Å². The molecular formula is C13H13N3O3. The van der Waals surface area contributed by atoms with Crippen LogP contribution in [0.2, 0.25) is 0 Å². The molecule has 1 unspecified atom stereocenters. The van der Waals surface area contributed by atoms with Gasteiger partial charge in [-0.25, -0.2) is 0 Å². The quantitative estimate of drug-likeness (QED) is 0.825. The van der Waals surface area contributed by atoms with Gasteiger partial charge in [-0.3, -0.25) is 9.59 Å². The number of ether oxygens (including phenoxy) is 1. The van der Waals surface area contributed by atoms with Crippen molar-refractivity contribution in [1.29, 1.82) is 0 Å². The third-order valence-corrected chi connectivity index (χ3v) is 3.14. The monoisotopic (exact) mass is 259 g/mol. The van der Waals surface area contributed by atoms with Crippen LogP contribution in [0.1, 0.15) is 10.4 Å². The van der Waals surface area contributed by atoms with Crippen molar-refractivity contribution in [1.82, 2.24) is 14.9 Å². The summed E-state index contributed by atoms with van der Waals surface area (Å²) < 4.78 is 6.45. The molecule has 0 saturated heterocycles. The average Bonchev–Trinajstić information content (AvgIpc) is 3.04. The van der Waals surface area contributed by atoms with Crippen molar-refractivity contribution in [3.8, 4) is 0 Å². The molecule has 1 amide bonds. The van der Waals surface area contributed by atoms with Crippen LogP contribution < -0.4 is 10.9 Å². The smallest absolute Gasteiger partial charge is 0.274 e. The molecular weight excluding hydrogens is 246 g/mol. The summed E-state index contributed by atoms with van der Waals surface area (Å²) in [5.41, 5.74) is 0.757. The van der Waals surface area contributed by atoms with Crippen LogP contribution in [0.4, 0.5) is 0 Å². The molecule has 2 aromatic rings. The minimum Gasteiger partial charge on any atom is -0.499 e. The number of aromatic nitrogens is 2. The lowest BCUT2D eigenvalue weighted by Gasteiger charge is -2.11. The van der Waals surface area contributed by atoms with Crippen molar-refractivity contribution in [2.75, 3.05) is 6.61 Å². The standard InChI is InChI=1S/C13H13N3O3/c1-16-6-10(9-2-4-14-11(9)13(16)18)12(17)15-8-3-5-19-7-8/h2-6,8,14H,7H2,1H3,(H,15,17). The molecule has 0 aromatic carbocycles. The molecule has 6 heteroatoms. The highest BCUT2D eigenvalue weighted by Crippen LogP contribution is 2.14. The second kappa shape index (κ2) is 4.31. The van der Waals surface area contributed by atoms with Crippen molar-refractivity contribution < 1.29 is 9.53 Å². The van der Waals surface area contributed by atoms with Crippen molar-refractivity contribution in [2.24, 2.45) is 7.05 Å². The molecule has 0 aliphatic carbocycles. The van der Waals surface area contributed by atoms with Crippen LogP contribution >= 0.6 is 0 Å². The molecule has 3 rings (SSSR count). The van der Waals surface area contributed by atoms with Gasteiger partial charge in [-0.1, -0.05) is 0 Å². The summed E-state index contributed by atoms with van der Waals surface area (Å²) in [6.45, 7) is 0.438. The van der Waals surface area contributed by atoms with Crippen LogP contribution in [0.15, 0.2) is 35.6 Å². The first-order valence-corrected chi connectivity index (χ1v) is 5.92. The lowest BCUT2D eigenvalue weighted by Crippen LogP contribution is -2.35. The number of carbonyl (C=O) groups is 1. The molecule has 0 fully saturated rings. The molecule has 0 saturated carbocycles. The van der Waals surface area contributed by atoms with E-state index in [0.717, 1.165) is 0 Å². The predicted octanol–water partition coefficient (Wildman–Crippen LogP) is 0.509. The number of aromatic amines is 1. The van der Waals surface area contributed by atoms with Crippen LogP contribution in [-0.2, 0) is 11.8 Å². The maximum Gasteiger partial charge on any atom is 0.274 e. The van der Waals surface area contributed by atoms with E-state index in [2.05, 4.69) is 10.3 Å². The van der Waals surface area contributed by atoms with Gasteiger partial charge in [0.05, 0.1) is 17.9 Å². The molecule has 1 aliphatic heterocycles. The molecule has 0 spiro atoms. The summed E-state index contributed by atoms with van der Waals surface area (Å²) in [6.07, 6.45) is 6.56. The van der Waals surface area contributed by atoms with E-state index in [1.807, 2.05) is 0 Å². The molecule has 2 N–H and O–H groups in total. The first kappa shape index (κ1) is 11.6. The van der Waals surface area contributed by atoms with Gasteiger partial charge in [-0.2, -0.15) is 0 Å². The van der Waals surface area contributed by atoms with E-state index in [1.165, 1.54) is 4.57 Å². The highest BCUT2D eigenvalue weighted by atomic mass is 16.5. The number of hydrogen-bond acceptors (Lipinski definition) is 3. The largest absolute Gasteiger partial charge is 0.499 e. The number of rotatable bonds is 2. The minimum absolute atomic E-state index is 0.126. The Kier molecular flexibility index (Phi) is 2.63. The Morgan fingerprint density at radius 1 is 1.58 bits per heavy atom. The molecule has 0 radical (unpaired) electrons. The first-order valence-electron chi connectivity index (χ1n) is 5.92. The number of aryl methyl sites for hydroxylation is 1. The summed E-state index contributed by atoms with van der Waals surface area (Å²) >= 11 is 0. The Hall–Kier alpha value is -2.50. The number of fused-ring (bicyclic) bond motifs is 1. The zero-order valence-electron chi connectivity index (χ0n) is 10.3. The van der Waals surface area contributed by atoms with Crippen molar-refractivity contribution >= 4 is 16.8 Å². The van der Waals surface area contributed by atoms with Crippen LogP contribution in [0.3, 0.4) is 0 Å². The first-order chi connectivity index (χ1) is 9.16. The summed E-state index contributed by atoms with van der Waals surface area (Å²) in [4.78, 5) is 27.0. The Balaban J connectivity index is 2.02. The summed E-state index contributed by atoms with van der Waals surface area (Å²) in [5.74, 6) is -0.222. The second-order valence-corrected chi connectivity index (χ2v) is 4.47. The zero-order valence-corrected chi connectivity index (χ0v) is 10.3. The van der Waals surface area contributed by atoms with Crippen molar-refractivity contribution in [3.63, 3.8) is 0 Å². The highest BCUT2D eigenvalue weighted by molar-refractivity contribution is 6.06. The number of nitrogens with one attached hydrogen (secondary N) is 2. The molecule has 1 aliphatic rings. The fraction of sp³-hybridized carbons (Fsp3) is 0.231. The van der Waals surface area contributed by atoms with Gasteiger partial charge in [-0.15, -0.1) is 0 Å². The number of H-pyrrole nitrogens is 1. The van der Waals surface area contributed by atoms with Crippen LogP contribution in [0, 0.1) is 0 Å². The molecule has 1 atom stereocenters. The highest BCUT2D eigenvalue weighted by Gasteiger charge is 2.18. The molecule has 98 valence electrons. The minimum atomic E-state index is -0.222. The van der Waals surface area contributed by atoms with Gasteiger partial charge >= 0.3 is 0 Å². The van der Waals surface area contributed by atoms with E-state index in [9.17, 15) is 9.59 Å². The van der Waals surface area contributed by atoms with Gasteiger partial charge in [0.15, 0.2) is 0 Å². The van der Waals surface area contributed by atoms with Crippen LogP contribution in [0.5, 0.6) is 0 Å². The Bertz CT molecular complexity index is 726. The topological polar surface area (TPSA) is 76.1 Å². The van der Waals surface area contributed by atoms with Crippen LogP contribution in [-0.4, -0.2) is 28.1 Å². The summed E-state index contributed by atoms with van der Waals surface area (Å²) in [7, 11) is 1.62. The number of hydrogen-bond donors (Lipinski definition) is 2. The number of nitrogens with zero attached hydrogens (tertiary/aromatic N) is 1. The Labute approximate surface area is 108 Å². The average molecular weight is 259 g/mol. The molecule has 0 bridgehead atoms. The van der Waals surface area contributed by atoms with E-state index in [0.29, 0.717) is 23.1 Å². The lowest BCUT2D eigenvalue weighted by atomic mass is 10.1. The van der Waals surface area contributed by atoms with E-state index < -0.39 is 0 Å². The molecule has 3 heterocycles. The lowest BCUT2D eigenvalue weighted by molar-refractivity contribution is 0.0935. The van der Waals surface area contributed by atoms with Gasteiger partial charge in [-0.05, 0) is 12.1 Å². The third-order valence-electron chi connectivity index (χ3n) is 3.14. The van der Waals surface area contributed by atoms with Gasteiger partial charge in [0.1, 0.15) is 12.1 Å². The summed E-state index contributed by atoms with van der Waals surface area (Å²) in [6, 6.07) is 1.60. The van der Waals surface area contributed by atoms with E-state index >= 15 is 0 Å². The Morgan fingerprint density at radius 3 is 3.16 bits per heavy atom. The van der Waals surface area contributed by atoms with Gasteiger partial charge in [0, 0.05) is 24.8 Å². The zero-order chi connectivity index (χ0) is 13.4. The SMILES string of the molecule is Cn1cc(C(=O)NC2C=COC2)c2cc[nH]c2c1=O.